The first-order valence-electron chi connectivity index (χ1n) is 12.4. The van der Waals surface area contributed by atoms with Crippen LogP contribution in [0.15, 0.2) is 76.6 Å². The van der Waals surface area contributed by atoms with E-state index in [0.29, 0.717) is 36.7 Å². The number of carbonyl (C=O) groups is 1. The third-order valence-electron chi connectivity index (χ3n) is 6.52. The lowest BCUT2D eigenvalue weighted by Crippen LogP contribution is -2.35. The van der Waals surface area contributed by atoms with Crippen LogP contribution in [-0.2, 0) is 27.7 Å². The van der Waals surface area contributed by atoms with E-state index in [4.69, 9.17) is 4.74 Å². The SMILES string of the molecule is CCOCCn1c(=NC(=O)c2ccc(S(=O)(=O)N3CCCc4ccccc43)cc2)sc2cccc(C)c21. The Labute approximate surface area is 220 Å². The molecule has 0 saturated heterocycles. The second kappa shape index (κ2) is 10.6. The molecule has 0 radical (unpaired) electrons. The van der Waals surface area contributed by atoms with Gasteiger partial charge in [0.05, 0.1) is 27.4 Å². The van der Waals surface area contributed by atoms with Gasteiger partial charge in [-0.2, -0.15) is 4.99 Å². The van der Waals surface area contributed by atoms with E-state index in [1.54, 1.807) is 0 Å². The average molecular weight is 536 g/mol. The predicted octanol–water partition coefficient (Wildman–Crippen LogP) is 4.93. The third kappa shape index (κ3) is 4.99. The fraction of sp³-hybridized carbons (Fsp3) is 0.286. The number of carbonyl (C=O) groups excluding carboxylic acids is 1. The van der Waals surface area contributed by atoms with E-state index in [-0.39, 0.29) is 4.90 Å². The molecule has 0 fully saturated rings. The van der Waals surface area contributed by atoms with Crippen molar-refractivity contribution >= 4 is 43.2 Å². The number of nitrogens with zero attached hydrogens (tertiary/aromatic N) is 3. The van der Waals surface area contributed by atoms with Crippen LogP contribution >= 0.6 is 11.3 Å². The first-order valence-corrected chi connectivity index (χ1v) is 14.6. The summed E-state index contributed by atoms with van der Waals surface area (Å²) >= 11 is 1.46. The van der Waals surface area contributed by atoms with E-state index in [2.05, 4.69) is 4.99 Å². The number of hydrogen-bond acceptors (Lipinski definition) is 5. The zero-order chi connectivity index (χ0) is 26.0. The van der Waals surface area contributed by atoms with E-state index >= 15 is 0 Å². The molecule has 1 amide bonds. The number of aryl methyl sites for hydroxylation is 2. The summed E-state index contributed by atoms with van der Waals surface area (Å²) in [4.78, 5) is 18.3. The molecule has 3 aromatic carbocycles. The first kappa shape index (κ1) is 25.4. The third-order valence-corrected chi connectivity index (χ3v) is 9.39. The van der Waals surface area contributed by atoms with Crippen LogP contribution in [0.25, 0.3) is 10.2 Å². The van der Waals surface area contributed by atoms with Crippen LogP contribution in [-0.4, -0.2) is 38.7 Å². The van der Waals surface area contributed by atoms with E-state index < -0.39 is 15.9 Å². The van der Waals surface area contributed by atoms with Gasteiger partial charge in [-0.05, 0) is 74.2 Å². The summed E-state index contributed by atoms with van der Waals surface area (Å²) in [5.41, 5.74) is 4.23. The summed E-state index contributed by atoms with van der Waals surface area (Å²) in [6.07, 6.45) is 1.63. The molecule has 1 aliphatic rings. The lowest BCUT2D eigenvalue weighted by Gasteiger charge is -2.30. The van der Waals surface area contributed by atoms with Gasteiger partial charge in [-0.3, -0.25) is 9.10 Å². The van der Waals surface area contributed by atoms with Gasteiger partial charge in [-0.1, -0.05) is 41.7 Å². The second-order valence-corrected chi connectivity index (χ2v) is 11.8. The Bertz CT molecular complexity index is 1620. The van der Waals surface area contributed by atoms with Gasteiger partial charge in [0.2, 0.25) is 0 Å². The first-order chi connectivity index (χ1) is 17.9. The van der Waals surface area contributed by atoms with Crippen LogP contribution in [0.3, 0.4) is 0 Å². The Morgan fingerprint density at radius 2 is 1.84 bits per heavy atom. The standard InChI is InChI=1S/C28H29N3O4S2/c1-3-35-19-18-30-26-20(2)8-6-12-25(26)36-28(30)29-27(32)22-13-15-23(16-14-22)37(33,34)31-17-7-10-21-9-4-5-11-24(21)31/h4-6,8-9,11-16H,3,7,10,17-19H2,1-2H3. The van der Waals surface area contributed by atoms with Crippen molar-refractivity contribution in [1.29, 1.82) is 0 Å². The molecule has 0 spiro atoms. The number of rotatable bonds is 7. The van der Waals surface area contributed by atoms with Gasteiger partial charge in [0.1, 0.15) is 0 Å². The molecule has 5 rings (SSSR count). The number of amides is 1. The summed E-state index contributed by atoms with van der Waals surface area (Å²) in [5.74, 6) is -0.415. The molecule has 1 aromatic heterocycles. The quantitative estimate of drug-likeness (QED) is 0.314. The Kier molecular flexibility index (Phi) is 7.28. The summed E-state index contributed by atoms with van der Waals surface area (Å²) in [5, 5.41) is 0. The fourth-order valence-electron chi connectivity index (χ4n) is 4.70. The van der Waals surface area contributed by atoms with Gasteiger partial charge in [0.15, 0.2) is 4.80 Å². The largest absolute Gasteiger partial charge is 0.380 e. The lowest BCUT2D eigenvalue weighted by atomic mass is 10.0. The number of thiazole rings is 1. The van der Waals surface area contributed by atoms with Crippen molar-refractivity contribution in [3.8, 4) is 0 Å². The molecule has 192 valence electrons. The Morgan fingerprint density at radius 3 is 2.62 bits per heavy atom. The summed E-state index contributed by atoms with van der Waals surface area (Å²) in [6.45, 7) is 6.14. The van der Waals surface area contributed by atoms with Crippen LogP contribution in [0, 0.1) is 6.92 Å². The highest BCUT2D eigenvalue weighted by Crippen LogP contribution is 2.31. The van der Waals surface area contributed by atoms with Crippen LogP contribution in [0.1, 0.15) is 34.8 Å². The summed E-state index contributed by atoms with van der Waals surface area (Å²) in [7, 11) is -3.74. The molecular weight excluding hydrogens is 506 g/mol. The van der Waals surface area contributed by atoms with Crippen molar-refractivity contribution in [3.63, 3.8) is 0 Å². The molecule has 2 heterocycles. The molecule has 7 nitrogen and oxygen atoms in total. The number of sulfonamides is 1. The Balaban J connectivity index is 1.45. The van der Waals surface area contributed by atoms with Crippen molar-refractivity contribution in [2.24, 2.45) is 4.99 Å². The maximum absolute atomic E-state index is 13.4. The Morgan fingerprint density at radius 1 is 1.05 bits per heavy atom. The minimum absolute atomic E-state index is 0.157. The predicted molar refractivity (Wildman–Crippen MR) is 147 cm³/mol. The zero-order valence-corrected chi connectivity index (χ0v) is 22.5. The highest BCUT2D eigenvalue weighted by Gasteiger charge is 2.29. The van der Waals surface area contributed by atoms with E-state index in [9.17, 15) is 13.2 Å². The summed E-state index contributed by atoms with van der Waals surface area (Å²) in [6, 6.07) is 19.7. The van der Waals surface area contributed by atoms with Crippen molar-refractivity contribution in [2.45, 2.75) is 38.1 Å². The van der Waals surface area contributed by atoms with Gasteiger partial charge < -0.3 is 9.30 Å². The van der Waals surface area contributed by atoms with Gasteiger partial charge in [-0.25, -0.2) is 8.42 Å². The normalized spacial score (nSPS) is 14.2. The number of aromatic nitrogens is 1. The Hall–Kier alpha value is -3.27. The number of fused-ring (bicyclic) bond motifs is 2. The fourth-order valence-corrected chi connectivity index (χ4v) is 7.37. The van der Waals surface area contributed by atoms with Gasteiger partial charge in [0, 0.05) is 25.3 Å². The number of benzene rings is 3. The number of para-hydroxylation sites is 2. The van der Waals surface area contributed by atoms with Crippen LogP contribution in [0.5, 0.6) is 0 Å². The molecule has 0 bridgehead atoms. The minimum atomic E-state index is -3.74. The monoisotopic (exact) mass is 535 g/mol. The maximum atomic E-state index is 13.4. The van der Waals surface area contributed by atoms with Crippen molar-refractivity contribution in [2.75, 3.05) is 24.1 Å². The van der Waals surface area contributed by atoms with Crippen LogP contribution in [0.2, 0.25) is 0 Å². The molecule has 37 heavy (non-hydrogen) atoms. The van der Waals surface area contributed by atoms with E-state index in [1.165, 1.54) is 39.9 Å². The highest BCUT2D eigenvalue weighted by molar-refractivity contribution is 7.92. The van der Waals surface area contributed by atoms with Gasteiger partial charge in [0.25, 0.3) is 15.9 Å². The smallest absolute Gasteiger partial charge is 0.279 e. The topological polar surface area (TPSA) is 81.0 Å². The molecule has 0 unspecified atom stereocenters. The maximum Gasteiger partial charge on any atom is 0.279 e. The number of anilines is 1. The molecule has 0 aliphatic carbocycles. The van der Waals surface area contributed by atoms with E-state index in [1.807, 2.05) is 60.9 Å². The average Bonchev–Trinajstić information content (AvgIpc) is 3.26. The van der Waals surface area contributed by atoms with Crippen molar-refractivity contribution < 1.29 is 17.9 Å². The summed E-state index contributed by atoms with van der Waals surface area (Å²) < 4.78 is 36.9. The highest BCUT2D eigenvalue weighted by atomic mass is 32.2. The van der Waals surface area contributed by atoms with E-state index in [0.717, 1.165) is 39.9 Å². The zero-order valence-electron chi connectivity index (χ0n) is 20.9. The number of ether oxygens (including phenoxy) is 1. The van der Waals surface area contributed by atoms with Crippen molar-refractivity contribution in [1.82, 2.24) is 4.57 Å². The minimum Gasteiger partial charge on any atom is -0.380 e. The van der Waals surface area contributed by atoms with Crippen LogP contribution < -0.4 is 9.11 Å². The molecule has 1 aliphatic heterocycles. The molecule has 0 N–H and O–H groups in total. The van der Waals surface area contributed by atoms with Crippen LogP contribution in [0.4, 0.5) is 5.69 Å². The molecule has 0 saturated carbocycles. The second-order valence-electron chi connectivity index (χ2n) is 8.91. The molecular formula is C28H29N3O4S2. The molecule has 4 aromatic rings. The lowest BCUT2D eigenvalue weighted by molar-refractivity contribution is 0.0996. The number of hydrogen-bond donors (Lipinski definition) is 0. The van der Waals surface area contributed by atoms with Gasteiger partial charge >= 0.3 is 0 Å². The molecule has 9 heteroatoms. The van der Waals surface area contributed by atoms with Gasteiger partial charge in [-0.15, -0.1) is 0 Å². The van der Waals surface area contributed by atoms with Crippen molar-refractivity contribution in [3.05, 3.63) is 88.2 Å². The molecule has 0 atom stereocenters.